The fraction of sp³-hybridized carbons (Fsp3) is 0.562. The van der Waals surface area contributed by atoms with Gasteiger partial charge in [-0.3, -0.25) is 0 Å². The molecule has 2 aromatic rings. The zero-order chi connectivity index (χ0) is 15.3. The zero-order valence-electron chi connectivity index (χ0n) is 12.8. The summed E-state index contributed by atoms with van der Waals surface area (Å²) in [6, 6.07) is 2.74. The number of nitrogens with zero attached hydrogens (tertiary/aromatic N) is 1. The molecule has 4 rings (SSSR count). The quantitative estimate of drug-likeness (QED) is 0.834. The molecule has 3 atom stereocenters. The highest BCUT2D eigenvalue weighted by atomic mass is 35.5. The van der Waals surface area contributed by atoms with Crippen molar-refractivity contribution in [1.82, 2.24) is 15.3 Å². The van der Waals surface area contributed by atoms with Gasteiger partial charge in [-0.2, -0.15) is 0 Å². The molecule has 6 heteroatoms. The molecule has 0 bridgehead atoms. The van der Waals surface area contributed by atoms with Gasteiger partial charge in [-0.15, -0.1) is 11.3 Å². The number of halogens is 1. The summed E-state index contributed by atoms with van der Waals surface area (Å²) < 4.78 is 7.22. The van der Waals surface area contributed by atoms with E-state index >= 15 is 0 Å². The van der Waals surface area contributed by atoms with E-state index in [1.165, 1.54) is 10.4 Å². The van der Waals surface area contributed by atoms with Crippen molar-refractivity contribution < 1.29 is 4.74 Å². The molecular formula is C16H20ClN3OS. The summed E-state index contributed by atoms with van der Waals surface area (Å²) in [7, 11) is 0. The van der Waals surface area contributed by atoms with E-state index < -0.39 is 0 Å². The second kappa shape index (κ2) is 5.34. The van der Waals surface area contributed by atoms with Crippen molar-refractivity contribution in [3.63, 3.8) is 0 Å². The molecule has 1 saturated heterocycles. The van der Waals surface area contributed by atoms with Gasteiger partial charge in [-0.25, -0.2) is 4.98 Å². The number of aromatic nitrogens is 2. The number of aromatic amines is 1. The summed E-state index contributed by atoms with van der Waals surface area (Å²) >= 11 is 7.96. The van der Waals surface area contributed by atoms with Crippen molar-refractivity contribution in [3.8, 4) is 0 Å². The van der Waals surface area contributed by atoms with E-state index in [0.717, 1.165) is 41.7 Å². The molecule has 2 aromatic heterocycles. The lowest BCUT2D eigenvalue weighted by molar-refractivity contribution is -0.0957. The third-order valence-electron chi connectivity index (χ3n) is 4.70. The van der Waals surface area contributed by atoms with Crippen LogP contribution in [0.3, 0.4) is 0 Å². The van der Waals surface area contributed by atoms with Crippen molar-refractivity contribution in [2.75, 3.05) is 6.61 Å². The minimum atomic E-state index is -0.209. The lowest BCUT2D eigenvalue weighted by atomic mass is 9.79. The number of hydrogen-bond acceptors (Lipinski definition) is 4. The number of ether oxygens (including phenoxy) is 1. The first kappa shape index (κ1) is 14.7. The van der Waals surface area contributed by atoms with Gasteiger partial charge in [0.1, 0.15) is 11.4 Å². The maximum absolute atomic E-state index is 6.35. The van der Waals surface area contributed by atoms with Crippen LogP contribution in [-0.2, 0) is 16.8 Å². The van der Waals surface area contributed by atoms with E-state index in [-0.39, 0.29) is 11.6 Å². The molecular weight excluding hydrogens is 318 g/mol. The molecule has 3 unspecified atom stereocenters. The number of thiophene rings is 1. The summed E-state index contributed by atoms with van der Waals surface area (Å²) in [4.78, 5) is 9.04. The van der Waals surface area contributed by atoms with Crippen LogP contribution in [0.4, 0.5) is 0 Å². The molecule has 1 fully saturated rings. The number of piperidine rings is 1. The Bertz CT molecular complexity index is 697. The van der Waals surface area contributed by atoms with Crippen LogP contribution >= 0.6 is 22.9 Å². The van der Waals surface area contributed by atoms with Gasteiger partial charge in [0, 0.05) is 23.5 Å². The van der Waals surface area contributed by atoms with Crippen molar-refractivity contribution in [2.45, 2.75) is 50.8 Å². The highest BCUT2D eigenvalue weighted by molar-refractivity contribution is 7.16. The third kappa shape index (κ3) is 2.40. The van der Waals surface area contributed by atoms with Crippen molar-refractivity contribution in [1.29, 1.82) is 0 Å². The zero-order valence-corrected chi connectivity index (χ0v) is 14.4. The number of fused-ring (bicyclic) bond motifs is 2. The van der Waals surface area contributed by atoms with Crippen molar-refractivity contribution in [2.24, 2.45) is 0 Å². The molecule has 2 aliphatic heterocycles. The first-order valence-corrected chi connectivity index (χ1v) is 8.95. The Kier molecular flexibility index (Phi) is 3.57. The minimum Gasteiger partial charge on any atom is -0.369 e. The summed E-state index contributed by atoms with van der Waals surface area (Å²) in [5.41, 5.74) is 2.30. The van der Waals surface area contributed by atoms with Gasteiger partial charge < -0.3 is 15.0 Å². The predicted molar refractivity (Wildman–Crippen MR) is 88.6 cm³/mol. The van der Waals surface area contributed by atoms with Crippen molar-refractivity contribution in [3.05, 3.63) is 38.6 Å². The monoisotopic (exact) mass is 337 g/mol. The van der Waals surface area contributed by atoms with E-state index in [1.807, 2.05) is 13.1 Å². The number of imidazole rings is 1. The molecule has 22 heavy (non-hydrogen) atoms. The molecule has 0 aliphatic carbocycles. The Morgan fingerprint density at radius 2 is 2.32 bits per heavy atom. The smallest absolute Gasteiger partial charge is 0.106 e. The van der Waals surface area contributed by atoms with E-state index in [4.69, 9.17) is 16.3 Å². The summed E-state index contributed by atoms with van der Waals surface area (Å²) in [5.74, 6) is 0.952. The summed E-state index contributed by atoms with van der Waals surface area (Å²) in [5, 5.41) is 3.68. The lowest BCUT2D eigenvalue weighted by Gasteiger charge is -2.45. The van der Waals surface area contributed by atoms with Crippen LogP contribution in [0.5, 0.6) is 0 Å². The van der Waals surface area contributed by atoms with Gasteiger partial charge in [0.15, 0.2) is 0 Å². The minimum absolute atomic E-state index is 0.209. The van der Waals surface area contributed by atoms with Crippen LogP contribution < -0.4 is 5.32 Å². The molecule has 0 saturated carbocycles. The Balaban J connectivity index is 1.72. The number of nitrogens with one attached hydrogen (secondary N) is 2. The topological polar surface area (TPSA) is 49.9 Å². The van der Waals surface area contributed by atoms with Crippen LogP contribution in [0, 0.1) is 6.92 Å². The number of H-pyrrole nitrogens is 1. The fourth-order valence-electron chi connectivity index (χ4n) is 3.88. The third-order valence-corrected chi connectivity index (χ3v) is 6.19. The van der Waals surface area contributed by atoms with Gasteiger partial charge in [-0.1, -0.05) is 11.6 Å². The molecule has 0 aromatic carbocycles. The van der Waals surface area contributed by atoms with Crippen LogP contribution in [0.2, 0.25) is 4.34 Å². The van der Waals surface area contributed by atoms with Crippen molar-refractivity contribution >= 4 is 22.9 Å². The summed E-state index contributed by atoms with van der Waals surface area (Å²) in [6.07, 6.45) is 4.81. The number of hydrogen-bond donors (Lipinski definition) is 2. The Hall–Kier alpha value is -0.880. The number of rotatable bonds is 1. The van der Waals surface area contributed by atoms with Crippen LogP contribution in [-0.4, -0.2) is 22.6 Å². The van der Waals surface area contributed by atoms with E-state index in [9.17, 15) is 0 Å². The van der Waals surface area contributed by atoms with Gasteiger partial charge >= 0.3 is 0 Å². The van der Waals surface area contributed by atoms with Gasteiger partial charge in [-0.05, 0) is 38.3 Å². The number of aryl methyl sites for hydroxylation is 1. The Morgan fingerprint density at radius 1 is 1.45 bits per heavy atom. The molecule has 2 aliphatic rings. The predicted octanol–water partition coefficient (Wildman–Crippen LogP) is 3.71. The first-order valence-electron chi connectivity index (χ1n) is 7.76. The Morgan fingerprint density at radius 3 is 3.09 bits per heavy atom. The molecule has 4 nitrogen and oxygen atoms in total. The van der Waals surface area contributed by atoms with Crippen LogP contribution in [0.25, 0.3) is 0 Å². The van der Waals surface area contributed by atoms with E-state index in [2.05, 4.69) is 28.3 Å². The Labute approximate surface area is 139 Å². The average molecular weight is 338 g/mol. The fourth-order valence-corrected chi connectivity index (χ4v) is 5.34. The molecule has 0 amide bonds. The first-order chi connectivity index (χ1) is 10.6. The largest absolute Gasteiger partial charge is 0.369 e. The average Bonchev–Trinajstić information content (AvgIpc) is 3.04. The molecule has 0 radical (unpaired) electrons. The van der Waals surface area contributed by atoms with Gasteiger partial charge in [0.2, 0.25) is 0 Å². The summed E-state index contributed by atoms with van der Waals surface area (Å²) in [6.45, 7) is 4.99. The van der Waals surface area contributed by atoms with E-state index in [0.29, 0.717) is 6.04 Å². The van der Waals surface area contributed by atoms with Crippen LogP contribution in [0.15, 0.2) is 12.3 Å². The lowest BCUT2D eigenvalue weighted by Crippen LogP contribution is -2.49. The molecule has 1 spiro atoms. The van der Waals surface area contributed by atoms with Gasteiger partial charge in [0.05, 0.1) is 22.7 Å². The normalized spacial score (nSPS) is 31.4. The second-order valence-corrected chi connectivity index (χ2v) is 8.13. The maximum atomic E-state index is 6.35. The van der Waals surface area contributed by atoms with E-state index in [1.54, 1.807) is 11.3 Å². The second-order valence-electron chi connectivity index (χ2n) is 6.45. The SMILES string of the molecule is Cc1ncc(C2CC3(CC(C)N2)OCCc2cc(Cl)sc23)[nH]1. The highest BCUT2D eigenvalue weighted by Crippen LogP contribution is 2.49. The van der Waals surface area contributed by atoms with Gasteiger partial charge in [0.25, 0.3) is 0 Å². The molecule has 4 heterocycles. The molecule has 118 valence electrons. The maximum Gasteiger partial charge on any atom is 0.106 e. The standard InChI is InChI=1S/C16H20ClN3OS/c1-9-6-16(7-12(19-9)13-8-18-10(2)20-13)15-11(3-4-21-16)5-14(17)22-15/h5,8-9,12,19H,3-4,6-7H2,1-2H3,(H,18,20). The highest BCUT2D eigenvalue weighted by Gasteiger charge is 2.46. The van der Waals surface area contributed by atoms with Crippen LogP contribution in [0.1, 0.15) is 47.8 Å². The molecule has 2 N–H and O–H groups in total.